The Bertz CT molecular complexity index is 910. The molecule has 0 unspecified atom stereocenters. The standard InChI is InChI=1S/C17H12N2S/c1-11-15(12-7-3-2-4-8-12)19-17-16(18-11)13-9-5-6-10-14(13)20-17/h2-10H,1H3. The summed E-state index contributed by atoms with van der Waals surface area (Å²) in [6.07, 6.45) is 0. The Morgan fingerprint density at radius 1 is 0.850 bits per heavy atom. The van der Waals surface area contributed by atoms with E-state index in [0.717, 1.165) is 27.3 Å². The van der Waals surface area contributed by atoms with Crippen molar-refractivity contribution in [3.63, 3.8) is 0 Å². The maximum absolute atomic E-state index is 4.84. The second-order valence-electron chi connectivity index (χ2n) is 4.78. The van der Waals surface area contributed by atoms with Gasteiger partial charge in [-0.15, -0.1) is 11.3 Å². The summed E-state index contributed by atoms with van der Waals surface area (Å²) in [5, 5.41) is 1.20. The van der Waals surface area contributed by atoms with Crippen LogP contribution in [0.25, 0.3) is 31.7 Å². The number of aryl methyl sites for hydroxylation is 1. The van der Waals surface area contributed by atoms with Gasteiger partial charge in [-0.1, -0.05) is 48.5 Å². The van der Waals surface area contributed by atoms with Gasteiger partial charge >= 0.3 is 0 Å². The highest BCUT2D eigenvalue weighted by atomic mass is 32.1. The van der Waals surface area contributed by atoms with Gasteiger partial charge in [0.15, 0.2) is 0 Å². The second kappa shape index (κ2) is 4.39. The molecule has 0 saturated carbocycles. The largest absolute Gasteiger partial charge is 0.248 e. The summed E-state index contributed by atoms with van der Waals surface area (Å²) in [6, 6.07) is 18.6. The maximum Gasteiger partial charge on any atom is 0.143 e. The van der Waals surface area contributed by atoms with Crippen molar-refractivity contribution in [2.45, 2.75) is 6.92 Å². The average molecular weight is 276 g/mol. The van der Waals surface area contributed by atoms with Crippen LogP contribution in [0.1, 0.15) is 5.69 Å². The minimum Gasteiger partial charge on any atom is -0.248 e. The molecule has 0 aliphatic carbocycles. The number of thiophene rings is 1. The van der Waals surface area contributed by atoms with Crippen LogP contribution in [0.2, 0.25) is 0 Å². The highest BCUT2D eigenvalue weighted by Crippen LogP contribution is 2.33. The van der Waals surface area contributed by atoms with Gasteiger partial charge in [-0.25, -0.2) is 9.97 Å². The fourth-order valence-electron chi connectivity index (χ4n) is 2.48. The highest BCUT2D eigenvalue weighted by molar-refractivity contribution is 7.25. The monoisotopic (exact) mass is 276 g/mol. The van der Waals surface area contributed by atoms with E-state index < -0.39 is 0 Å². The summed E-state index contributed by atoms with van der Waals surface area (Å²) in [7, 11) is 0. The Morgan fingerprint density at radius 3 is 2.45 bits per heavy atom. The zero-order valence-electron chi connectivity index (χ0n) is 11.0. The lowest BCUT2D eigenvalue weighted by Gasteiger charge is -2.04. The summed E-state index contributed by atoms with van der Waals surface area (Å²) >= 11 is 1.71. The van der Waals surface area contributed by atoms with E-state index in [0.29, 0.717) is 0 Å². The van der Waals surface area contributed by atoms with Crippen LogP contribution in [0.3, 0.4) is 0 Å². The molecule has 2 aromatic carbocycles. The van der Waals surface area contributed by atoms with Crippen LogP contribution in [-0.4, -0.2) is 9.97 Å². The van der Waals surface area contributed by atoms with Crippen molar-refractivity contribution in [1.29, 1.82) is 0 Å². The van der Waals surface area contributed by atoms with Crippen LogP contribution in [0, 0.1) is 6.92 Å². The molecule has 0 fully saturated rings. The third-order valence-corrected chi connectivity index (χ3v) is 4.49. The van der Waals surface area contributed by atoms with E-state index in [-0.39, 0.29) is 0 Å². The van der Waals surface area contributed by atoms with Crippen LogP contribution in [-0.2, 0) is 0 Å². The second-order valence-corrected chi connectivity index (χ2v) is 5.81. The van der Waals surface area contributed by atoms with E-state index in [1.54, 1.807) is 11.3 Å². The van der Waals surface area contributed by atoms with Crippen LogP contribution < -0.4 is 0 Å². The van der Waals surface area contributed by atoms with E-state index in [2.05, 4.69) is 36.4 Å². The van der Waals surface area contributed by atoms with Gasteiger partial charge in [0.1, 0.15) is 10.3 Å². The first-order valence-corrected chi connectivity index (χ1v) is 7.36. The predicted molar refractivity (Wildman–Crippen MR) is 85.1 cm³/mol. The van der Waals surface area contributed by atoms with Crippen molar-refractivity contribution in [2.75, 3.05) is 0 Å². The fraction of sp³-hybridized carbons (Fsp3) is 0.0588. The molecule has 0 amide bonds. The minimum atomic E-state index is 0.977. The molecule has 2 heterocycles. The quantitative estimate of drug-likeness (QED) is 0.498. The van der Waals surface area contributed by atoms with Gasteiger partial charge in [0.2, 0.25) is 0 Å². The molecule has 2 aromatic heterocycles. The molecule has 3 heteroatoms. The fourth-order valence-corrected chi connectivity index (χ4v) is 3.49. The molecule has 0 saturated heterocycles. The third kappa shape index (κ3) is 1.71. The molecule has 0 radical (unpaired) electrons. The zero-order chi connectivity index (χ0) is 13.5. The molecule has 4 rings (SSSR count). The van der Waals surface area contributed by atoms with Crippen LogP contribution in [0.15, 0.2) is 54.6 Å². The van der Waals surface area contributed by atoms with Gasteiger partial charge in [-0.2, -0.15) is 0 Å². The first kappa shape index (κ1) is 11.6. The summed E-state index contributed by atoms with van der Waals surface area (Å²) in [5.41, 5.74) is 4.09. The SMILES string of the molecule is Cc1nc2c(nc1-c1ccccc1)sc1ccccc12. The molecule has 4 aromatic rings. The van der Waals surface area contributed by atoms with Gasteiger partial charge in [-0.3, -0.25) is 0 Å². The lowest BCUT2D eigenvalue weighted by molar-refractivity contribution is 1.20. The Morgan fingerprint density at radius 2 is 1.60 bits per heavy atom. The van der Waals surface area contributed by atoms with Crippen molar-refractivity contribution >= 4 is 31.8 Å². The molecule has 0 atom stereocenters. The van der Waals surface area contributed by atoms with Crippen LogP contribution in [0.4, 0.5) is 0 Å². The number of hydrogen-bond donors (Lipinski definition) is 0. The molecule has 20 heavy (non-hydrogen) atoms. The molecule has 2 nitrogen and oxygen atoms in total. The normalized spacial score (nSPS) is 11.2. The number of rotatable bonds is 1. The molecular formula is C17H12N2S. The van der Waals surface area contributed by atoms with Crippen LogP contribution in [0.5, 0.6) is 0 Å². The van der Waals surface area contributed by atoms with E-state index >= 15 is 0 Å². The summed E-state index contributed by atoms with van der Waals surface area (Å²) in [6.45, 7) is 2.03. The molecule has 0 spiro atoms. The minimum absolute atomic E-state index is 0.977. The Kier molecular flexibility index (Phi) is 2.54. The van der Waals surface area contributed by atoms with Gasteiger partial charge in [0.05, 0.1) is 11.4 Å². The van der Waals surface area contributed by atoms with Crippen molar-refractivity contribution in [1.82, 2.24) is 9.97 Å². The maximum atomic E-state index is 4.84. The number of hydrogen-bond acceptors (Lipinski definition) is 3. The van der Waals surface area contributed by atoms with E-state index in [1.807, 2.05) is 25.1 Å². The molecule has 0 aliphatic heterocycles. The average Bonchev–Trinajstić information content (AvgIpc) is 2.85. The van der Waals surface area contributed by atoms with E-state index in [1.165, 1.54) is 10.1 Å². The number of aromatic nitrogens is 2. The van der Waals surface area contributed by atoms with Gasteiger partial charge in [-0.05, 0) is 13.0 Å². The van der Waals surface area contributed by atoms with Crippen molar-refractivity contribution in [3.8, 4) is 11.3 Å². The lowest BCUT2D eigenvalue weighted by atomic mass is 10.1. The zero-order valence-corrected chi connectivity index (χ0v) is 11.8. The topological polar surface area (TPSA) is 25.8 Å². The lowest BCUT2D eigenvalue weighted by Crippen LogP contribution is -1.92. The summed E-state index contributed by atoms with van der Waals surface area (Å²) in [5.74, 6) is 0. The van der Waals surface area contributed by atoms with Gasteiger partial charge in [0.25, 0.3) is 0 Å². The van der Waals surface area contributed by atoms with Gasteiger partial charge in [0, 0.05) is 15.6 Å². The Hall–Kier alpha value is -2.26. The summed E-state index contributed by atoms with van der Waals surface area (Å²) in [4.78, 5) is 10.6. The first-order chi connectivity index (χ1) is 9.83. The van der Waals surface area contributed by atoms with E-state index in [9.17, 15) is 0 Å². The number of benzene rings is 2. The Labute approximate surface area is 120 Å². The third-order valence-electron chi connectivity index (χ3n) is 3.43. The first-order valence-electron chi connectivity index (χ1n) is 6.54. The molecule has 0 N–H and O–H groups in total. The molecule has 0 aliphatic rings. The van der Waals surface area contributed by atoms with Crippen molar-refractivity contribution < 1.29 is 0 Å². The molecule has 96 valence electrons. The van der Waals surface area contributed by atoms with Crippen LogP contribution >= 0.6 is 11.3 Å². The number of nitrogens with zero attached hydrogens (tertiary/aromatic N) is 2. The van der Waals surface area contributed by atoms with E-state index in [4.69, 9.17) is 9.97 Å². The molecular weight excluding hydrogens is 264 g/mol. The summed E-state index contributed by atoms with van der Waals surface area (Å²) < 4.78 is 1.24. The van der Waals surface area contributed by atoms with Crippen molar-refractivity contribution in [2.24, 2.45) is 0 Å². The van der Waals surface area contributed by atoms with Gasteiger partial charge < -0.3 is 0 Å². The molecule has 0 bridgehead atoms. The highest BCUT2D eigenvalue weighted by Gasteiger charge is 2.11. The smallest absolute Gasteiger partial charge is 0.143 e. The number of fused-ring (bicyclic) bond motifs is 3. The Balaban J connectivity index is 2.05. The van der Waals surface area contributed by atoms with Crippen molar-refractivity contribution in [3.05, 3.63) is 60.3 Å². The predicted octanol–water partition coefficient (Wildman–Crippen LogP) is 4.82.